The van der Waals surface area contributed by atoms with Crippen LogP contribution in [0, 0.1) is 0 Å². The van der Waals surface area contributed by atoms with Crippen molar-refractivity contribution in [1.29, 1.82) is 0 Å². The minimum absolute atomic E-state index is 0.460. The van der Waals surface area contributed by atoms with Crippen LogP contribution in [0.4, 0.5) is 0 Å². The van der Waals surface area contributed by atoms with Gasteiger partial charge in [-0.2, -0.15) is 0 Å². The van der Waals surface area contributed by atoms with Gasteiger partial charge in [-0.1, -0.05) is 46.5 Å². The van der Waals surface area contributed by atoms with E-state index in [1.807, 2.05) is 13.8 Å². The van der Waals surface area contributed by atoms with Crippen LogP contribution in [0.1, 0.15) is 65.7 Å². The molecule has 0 amide bonds. The molecular weight excluding hydrogens is 220 g/mol. The van der Waals surface area contributed by atoms with Gasteiger partial charge in [0.25, 0.3) is 0 Å². The lowest BCUT2D eigenvalue weighted by Gasteiger charge is -2.27. The van der Waals surface area contributed by atoms with Crippen LogP contribution in [-0.2, 0) is 14.6 Å². The molecule has 0 radical (unpaired) electrons. The number of carbonyl (C=O) groups is 1. The Labute approximate surface area is 104 Å². The second-order valence-corrected chi connectivity index (χ2v) is 4.41. The molecule has 0 rings (SSSR count). The average Bonchev–Trinajstić information content (AvgIpc) is 2.31. The zero-order valence-corrected chi connectivity index (χ0v) is 11.3. The van der Waals surface area contributed by atoms with E-state index in [2.05, 4.69) is 6.92 Å². The minimum Gasteiger partial charge on any atom is -0.479 e. The lowest BCUT2D eigenvalue weighted by Crippen LogP contribution is -2.41. The molecule has 0 saturated heterocycles. The summed E-state index contributed by atoms with van der Waals surface area (Å²) in [5.74, 6) is -0.913. The minimum atomic E-state index is -1.15. The van der Waals surface area contributed by atoms with E-state index in [1.165, 1.54) is 0 Å². The molecule has 0 bridgehead atoms. The first-order valence-electron chi connectivity index (χ1n) is 6.67. The summed E-state index contributed by atoms with van der Waals surface area (Å²) in [4.78, 5) is 21.7. The summed E-state index contributed by atoms with van der Waals surface area (Å²) in [6, 6.07) is 0. The third kappa shape index (κ3) is 6.03. The maximum absolute atomic E-state index is 11.4. The summed E-state index contributed by atoms with van der Waals surface area (Å²) in [6.45, 7) is 6.51. The van der Waals surface area contributed by atoms with Crippen LogP contribution in [0.25, 0.3) is 0 Å². The molecule has 0 spiro atoms. The third-order valence-electron chi connectivity index (χ3n) is 2.78. The van der Waals surface area contributed by atoms with Gasteiger partial charge in [-0.3, -0.25) is 0 Å². The maximum Gasteiger partial charge on any atom is 0.339 e. The van der Waals surface area contributed by atoms with E-state index in [1.54, 1.807) is 0 Å². The van der Waals surface area contributed by atoms with Gasteiger partial charge in [0.15, 0.2) is 5.60 Å². The molecule has 0 aliphatic heterocycles. The van der Waals surface area contributed by atoms with Crippen molar-refractivity contribution in [1.82, 2.24) is 0 Å². The molecule has 0 aromatic carbocycles. The summed E-state index contributed by atoms with van der Waals surface area (Å²) < 4.78 is 0. The predicted octanol–water partition coefficient (Wildman–Crippen LogP) is 3.55. The molecule has 0 heterocycles. The summed E-state index contributed by atoms with van der Waals surface area (Å²) >= 11 is 0. The van der Waals surface area contributed by atoms with Crippen LogP contribution < -0.4 is 0 Å². The molecule has 17 heavy (non-hydrogen) atoms. The van der Waals surface area contributed by atoms with Crippen molar-refractivity contribution < 1.29 is 19.7 Å². The van der Waals surface area contributed by atoms with E-state index < -0.39 is 11.6 Å². The van der Waals surface area contributed by atoms with Crippen LogP contribution >= 0.6 is 0 Å². The first-order chi connectivity index (χ1) is 8.13. The van der Waals surface area contributed by atoms with Crippen molar-refractivity contribution >= 4 is 5.97 Å². The smallest absolute Gasteiger partial charge is 0.339 e. The summed E-state index contributed by atoms with van der Waals surface area (Å²) in [7, 11) is 0. The normalized spacial score (nSPS) is 14.5. The molecule has 1 atom stereocenters. The second kappa shape index (κ2) is 9.42. The topological polar surface area (TPSA) is 55.8 Å². The van der Waals surface area contributed by atoms with E-state index in [0.717, 1.165) is 32.1 Å². The summed E-state index contributed by atoms with van der Waals surface area (Å²) in [5.41, 5.74) is -1.15. The largest absolute Gasteiger partial charge is 0.479 e. The van der Waals surface area contributed by atoms with Gasteiger partial charge in [0.1, 0.15) is 0 Å². The molecule has 102 valence electrons. The fourth-order valence-electron chi connectivity index (χ4n) is 1.68. The monoisotopic (exact) mass is 246 g/mol. The molecule has 0 aliphatic rings. The average molecular weight is 246 g/mol. The highest BCUT2D eigenvalue weighted by Gasteiger charge is 2.39. The van der Waals surface area contributed by atoms with Gasteiger partial charge in [-0.05, 0) is 19.3 Å². The van der Waals surface area contributed by atoms with Crippen molar-refractivity contribution in [2.75, 3.05) is 6.61 Å². The number of hydrogen-bond acceptors (Lipinski definition) is 3. The molecule has 4 heteroatoms. The lowest BCUT2D eigenvalue weighted by molar-refractivity contribution is -0.357. The van der Waals surface area contributed by atoms with Crippen LogP contribution in [-0.4, -0.2) is 23.3 Å². The molecule has 1 unspecified atom stereocenters. The van der Waals surface area contributed by atoms with Gasteiger partial charge in [-0.15, -0.1) is 0 Å². The fourth-order valence-corrected chi connectivity index (χ4v) is 1.68. The third-order valence-corrected chi connectivity index (χ3v) is 2.78. The Balaban J connectivity index is 4.37. The lowest BCUT2D eigenvalue weighted by atomic mass is 9.92. The quantitative estimate of drug-likeness (QED) is 0.344. The van der Waals surface area contributed by atoms with E-state index in [9.17, 15) is 9.90 Å². The predicted molar refractivity (Wildman–Crippen MR) is 66.7 cm³/mol. The Morgan fingerprint density at radius 2 is 1.71 bits per heavy atom. The number of hydrogen-bond donors (Lipinski definition) is 1. The molecule has 0 aromatic heterocycles. The molecule has 0 aromatic rings. The van der Waals surface area contributed by atoms with E-state index in [-0.39, 0.29) is 0 Å². The summed E-state index contributed by atoms with van der Waals surface area (Å²) in [6.07, 6.45) is 5.46. The summed E-state index contributed by atoms with van der Waals surface area (Å²) in [5, 5.41) is 9.33. The number of unbranched alkanes of at least 4 members (excludes halogenated alkanes) is 2. The first kappa shape index (κ1) is 16.4. The van der Waals surface area contributed by atoms with Crippen molar-refractivity contribution in [2.45, 2.75) is 71.3 Å². The van der Waals surface area contributed by atoms with Gasteiger partial charge < -0.3 is 5.11 Å². The Hall–Kier alpha value is -0.610. The van der Waals surface area contributed by atoms with Crippen molar-refractivity contribution in [3.05, 3.63) is 0 Å². The number of rotatable bonds is 11. The maximum atomic E-state index is 11.4. The van der Waals surface area contributed by atoms with Crippen LogP contribution in [0.5, 0.6) is 0 Å². The van der Waals surface area contributed by atoms with Crippen molar-refractivity contribution in [3.63, 3.8) is 0 Å². The molecular formula is C13H26O4. The Morgan fingerprint density at radius 3 is 2.18 bits per heavy atom. The highest BCUT2D eigenvalue weighted by atomic mass is 17.2. The number of carboxylic acid groups (broad SMARTS) is 1. The molecule has 0 fully saturated rings. The van der Waals surface area contributed by atoms with Crippen molar-refractivity contribution in [3.8, 4) is 0 Å². The molecule has 0 saturated carbocycles. The standard InChI is InChI=1S/C13H26O4/c1-4-7-10-13(9-6-3,12(14)15)17-16-11-8-5-2/h4-11H2,1-3H3,(H,14,15). The fraction of sp³-hybridized carbons (Fsp3) is 0.923. The van der Waals surface area contributed by atoms with E-state index in [4.69, 9.17) is 9.78 Å². The zero-order chi connectivity index (χ0) is 13.1. The molecule has 0 aliphatic carbocycles. The molecule has 4 nitrogen and oxygen atoms in total. The van der Waals surface area contributed by atoms with Crippen LogP contribution in [0.15, 0.2) is 0 Å². The first-order valence-corrected chi connectivity index (χ1v) is 6.67. The second-order valence-electron chi connectivity index (χ2n) is 4.41. The number of aliphatic carboxylic acids is 1. The van der Waals surface area contributed by atoms with Gasteiger partial charge in [0.2, 0.25) is 0 Å². The van der Waals surface area contributed by atoms with Gasteiger partial charge in [-0.25, -0.2) is 14.6 Å². The highest BCUT2D eigenvalue weighted by molar-refractivity contribution is 5.77. The van der Waals surface area contributed by atoms with Gasteiger partial charge in [0, 0.05) is 0 Å². The van der Waals surface area contributed by atoms with E-state index >= 15 is 0 Å². The SMILES string of the molecule is CCCCOOC(CCC)(CCCC)C(=O)O. The Kier molecular flexibility index (Phi) is 9.09. The highest BCUT2D eigenvalue weighted by Crippen LogP contribution is 2.26. The van der Waals surface area contributed by atoms with E-state index in [0.29, 0.717) is 19.4 Å². The van der Waals surface area contributed by atoms with Crippen LogP contribution in [0.2, 0.25) is 0 Å². The van der Waals surface area contributed by atoms with Crippen LogP contribution in [0.3, 0.4) is 0 Å². The number of carboxylic acids is 1. The van der Waals surface area contributed by atoms with Gasteiger partial charge in [0.05, 0.1) is 6.61 Å². The zero-order valence-electron chi connectivity index (χ0n) is 11.3. The van der Waals surface area contributed by atoms with Gasteiger partial charge >= 0.3 is 5.97 Å². The van der Waals surface area contributed by atoms with Crippen molar-refractivity contribution in [2.24, 2.45) is 0 Å². The Morgan fingerprint density at radius 1 is 1.06 bits per heavy atom. The Bertz CT molecular complexity index is 206. The molecule has 1 N–H and O–H groups in total.